The third kappa shape index (κ3) is 4.86. The molecule has 1 N–H and O–H groups in total. The van der Waals surface area contributed by atoms with Crippen molar-refractivity contribution in [1.29, 1.82) is 0 Å². The van der Waals surface area contributed by atoms with Gasteiger partial charge in [-0.3, -0.25) is 4.90 Å². The highest BCUT2D eigenvalue weighted by atomic mass is 32.2. The summed E-state index contributed by atoms with van der Waals surface area (Å²) in [5.41, 5.74) is 1.13. The number of benzene rings is 2. The normalized spacial score (nSPS) is 21.3. The van der Waals surface area contributed by atoms with Crippen LogP contribution in [0.25, 0.3) is 0 Å². The van der Waals surface area contributed by atoms with Crippen LogP contribution in [0.4, 0.5) is 0 Å². The van der Waals surface area contributed by atoms with E-state index in [4.69, 9.17) is 9.47 Å². The first-order chi connectivity index (χ1) is 15.3. The molecule has 0 bridgehead atoms. The Kier molecular flexibility index (Phi) is 6.39. The summed E-state index contributed by atoms with van der Waals surface area (Å²) >= 11 is 3.50. The van der Waals surface area contributed by atoms with Crippen molar-refractivity contribution in [2.24, 2.45) is 0 Å². The summed E-state index contributed by atoms with van der Waals surface area (Å²) in [6.07, 6.45) is 3.88. The largest absolute Gasteiger partial charge is 0.508 e. The van der Waals surface area contributed by atoms with Crippen molar-refractivity contribution >= 4 is 23.1 Å². The van der Waals surface area contributed by atoms with Gasteiger partial charge in [0.25, 0.3) is 0 Å². The molecule has 6 heteroatoms. The van der Waals surface area contributed by atoms with Gasteiger partial charge in [-0.15, -0.1) is 23.1 Å². The number of phenols is 1. The number of likely N-dealkylation sites (tertiary alicyclic amines) is 1. The van der Waals surface area contributed by atoms with Gasteiger partial charge in [0.2, 0.25) is 0 Å². The molecule has 2 aliphatic rings. The first-order valence-electron chi connectivity index (χ1n) is 10.9. The van der Waals surface area contributed by atoms with E-state index in [0.29, 0.717) is 0 Å². The molecule has 0 radical (unpaired) electrons. The minimum atomic E-state index is -0.0944. The van der Waals surface area contributed by atoms with E-state index >= 15 is 0 Å². The van der Waals surface area contributed by atoms with Crippen LogP contribution >= 0.6 is 23.1 Å². The summed E-state index contributed by atoms with van der Waals surface area (Å²) in [6.45, 7) is 4.11. The van der Waals surface area contributed by atoms with Gasteiger partial charge in [-0.1, -0.05) is 24.6 Å². The first kappa shape index (κ1) is 20.7. The van der Waals surface area contributed by atoms with E-state index in [1.54, 1.807) is 35.2 Å². The Balaban J connectivity index is 1.29. The molecule has 0 unspecified atom stereocenters. The van der Waals surface area contributed by atoms with Crippen molar-refractivity contribution < 1.29 is 14.6 Å². The van der Waals surface area contributed by atoms with Crippen molar-refractivity contribution in [3.05, 3.63) is 70.4 Å². The highest BCUT2D eigenvalue weighted by molar-refractivity contribution is 7.99. The van der Waals surface area contributed by atoms with E-state index in [1.807, 2.05) is 6.07 Å². The van der Waals surface area contributed by atoms with Crippen LogP contribution in [0.3, 0.4) is 0 Å². The molecule has 1 aromatic heterocycles. The zero-order valence-electron chi connectivity index (χ0n) is 17.4. The van der Waals surface area contributed by atoms with Gasteiger partial charge in [0.1, 0.15) is 30.0 Å². The predicted octanol–water partition coefficient (Wildman–Crippen LogP) is 6.29. The standard InChI is InChI=1S/C25H27NO3S2/c27-19-8-11-21-23(17-19)31-25(22-5-4-16-30-22)24(29-21)18-6-9-20(10-7-18)28-15-14-26-12-2-1-3-13-26/h4-11,16-17,24-25,27H,1-3,12-15H2/t24-,25+/m0/s1. The lowest BCUT2D eigenvalue weighted by Crippen LogP contribution is -2.33. The van der Waals surface area contributed by atoms with Crippen molar-refractivity contribution in [1.82, 2.24) is 4.90 Å². The molecule has 2 aliphatic heterocycles. The van der Waals surface area contributed by atoms with Crippen LogP contribution in [0.2, 0.25) is 0 Å². The minimum absolute atomic E-state index is 0.0944. The first-order valence-corrected chi connectivity index (χ1v) is 12.7. The summed E-state index contributed by atoms with van der Waals surface area (Å²) in [7, 11) is 0. The van der Waals surface area contributed by atoms with Crippen molar-refractivity contribution in [3.63, 3.8) is 0 Å². The Morgan fingerprint density at radius 3 is 2.65 bits per heavy atom. The van der Waals surface area contributed by atoms with Gasteiger partial charge >= 0.3 is 0 Å². The van der Waals surface area contributed by atoms with E-state index in [2.05, 4.69) is 46.7 Å². The molecule has 1 fully saturated rings. The van der Waals surface area contributed by atoms with Crippen molar-refractivity contribution in [2.45, 2.75) is 35.5 Å². The third-order valence-corrected chi connectivity index (χ3v) is 8.30. The lowest BCUT2D eigenvalue weighted by atomic mass is 10.0. The third-order valence-electron chi connectivity index (χ3n) is 5.87. The van der Waals surface area contributed by atoms with Crippen molar-refractivity contribution in [3.8, 4) is 17.2 Å². The Hall–Kier alpha value is -2.15. The quantitative estimate of drug-likeness (QED) is 0.475. The minimum Gasteiger partial charge on any atom is -0.508 e. The van der Waals surface area contributed by atoms with Gasteiger partial charge in [0.15, 0.2) is 0 Å². The molecule has 4 nitrogen and oxygen atoms in total. The smallest absolute Gasteiger partial charge is 0.141 e. The number of thiophene rings is 1. The second-order valence-electron chi connectivity index (χ2n) is 8.04. The molecule has 2 atom stereocenters. The Labute approximate surface area is 191 Å². The zero-order chi connectivity index (χ0) is 21.0. The van der Waals surface area contributed by atoms with Gasteiger partial charge in [-0.25, -0.2) is 0 Å². The number of phenolic OH excluding ortho intramolecular Hbond substituents is 1. The maximum absolute atomic E-state index is 9.89. The number of ether oxygens (including phenoxy) is 2. The van der Waals surface area contributed by atoms with Gasteiger partial charge in [-0.2, -0.15) is 0 Å². The Bertz CT molecular complexity index is 985. The van der Waals surface area contributed by atoms with E-state index in [0.717, 1.165) is 35.1 Å². The topological polar surface area (TPSA) is 41.9 Å². The second-order valence-corrected chi connectivity index (χ2v) is 10.2. The molecule has 0 saturated carbocycles. The summed E-state index contributed by atoms with van der Waals surface area (Å²) in [5, 5.41) is 12.1. The average molecular weight is 454 g/mol. The number of piperidine rings is 1. The van der Waals surface area contributed by atoms with Crippen LogP contribution in [0.1, 0.15) is 41.1 Å². The van der Waals surface area contributed by atoms with Gasteiger partial charge in [0, 0.05) is 11.4 Å². The number of hydrogen-bond donors (Lipinski definition) is 1. The summed E-state index contributed by atoms with van der Waals surface area (Å²) in [6, 6.07) is 17.9. The average Bonchev–Trinajstić information content (AvgIpc) is 3.34. The molecule has 31 heavy (non-hydrogen) atoms. The van der Waals surface area contributed by atoms with Crippen LogP contribution in [-0.4, -0.2) is 36.2 Å². The maximum Gasteiger partial charge on any atom is 0.141 e. The highest BCUT2D eigenvalue weighted by Crippen LogP contribution is 2.54. The van der Waals surface area contributed by atoms with E-state index in [-0.39, 0.29) is 17.1 Å². The molecule has 2 aromatic carbocycles. The second kappa shape index (κ2) is 9.55. The monoisotopic (exact) mass is 453 g/mol. The lowest BCUT2D eigenvalue weighted by molar-refractivity contribution is 0.182. The molecule has 3 aromatic rings. The molecule has 162 valence electrons. The molecule has 5 rings (SSSR count). The molecule has 0 aliphatic carbocycles. The molecule has 3 heterocycles. The van der Waals surface area contributed by atoms with Gasteiger partial charge in [-0.05, 0) is 73.3 Å². The molecule has 0 amide bonds. The van der Waals surface area contributed by atoms with Gasteiger partial charge in [0.05, 0.1) is 10.1 Å². The van der Waals surface area contributed by atoms with Crippen LogP contribution in [0.5, 0.6) is 17.2 Å². The fourth-order valence-electron chi connectivity index (χ4n) is 4.22. The number of aromatic hydroxyl groups is 1. The number of rotatable bonds is 6. The number of hydrogen-bond acceptors (Lipinski definition) is 6. The SMILES string of the molecule is Oc1ccc2c(c1)S[C@H](c1cccs1)[C@H](c1ccc(OCCN3CCCCC3)cc1)O2. The zero-order valence-corrected chi connectivity index (χ0v) is 19.0. The van der Waals surface area contributed by atoms with Gasteiger partial charge < -0.3 is 14.6 Å². The molecular weight excluding hydrogens is 426 g/mol. The fourth-order valence-corrected chi connectivity index (χ4v) is 6.48. The highest BCUT2D eigenvalue weighted by Gasteiger charge is 2.34. The van der Waals surface area contributed by atoms with Crippen LogP contribution in [-0.2, 0) is 0 Å². The molecule has 1 saturated heterocycles. The number of nitrogens with zero attached hydrogens (tertiary/aromatic N) is 1. The van der Waals surface area contributed by atoms with Crippen molar-refractivity contribution in [2.75, 3.05) is 26.2 Å². The van der Waals surface area contributed by atoms with Crippen LogP contribution in [0, 0.1) is 0 Å². The van der Waals surface area contributed by atoms with E-state index in [1.165, 1.54) is 37.2 Å². The summed E-state index contributed by atoms with van der Waals surface area (Å²) < 4.78 is 12.4. The fraction of sp³-hybridized carbons (Fsp3) is 0.360. The number of thioether (sulfide) groups is 1. The Morgan fingerprint density at radius 1 is 1.03 bits per heavy atom. The molecular formula is C25H27NO3S2. The van der Waals surface area contributed by atoms with E-state index < -0.39 is 0 Å². The van der Waals surface area contributed by atoms with Crippen LogP contribution in [0.15, 0.2) is 64.9 Å². The lowest BCUT2D eigenvalue weighted by Gasteiger charge is -2.33. The summed E-state index contributed by atoms with van der Waals surface area (Å²) in [5.74, 6) is 1.99. The van der Waals surface area contributed by atoms with E-state index in [9.17, 15) is 5.11 Å². The number of fused-ring (bicyclic) bond motifs is 1. The Morgan fingerprint density at radius 2 is 1.87 bits per heavy atom. The predicted molar refractivity (Wildman–Crippen MR) is 127 cm³/mol. The summed E-state index contributed by atoms with van der Waals surface area (Å²) in [4.78, 5) is 4.74. The maximum atomic E-state index is 9.89. The van der Waals surface area contributed by atoms with Crippen LogP contribution < -0.4 is 9.47 Å². The molecule has 0 spiro atoms.